The van der Waals surface area contributed by atoms with E-state index in [1.54, 1.807) is 12.2 Å². The van der Waals surface area contributed by atoms with Crippen molar-refractivity contribution < 1.29 is 46.2 Å². The third kappa shape index (κ3) is 4.75. The molecule has 0 atom stereocenters. The Bertz CT molecular complexity index is 538. The predicted molar refractivity (Wildman–Crippen MR) is 75.3 cm³/mol. The molecule has 109 valence electrons. The van der Waals surface area contributed by atoms with Crippen LogP contribution in [0.15, 0.2) is 48.7 Å². The second kappa shape index (κ2) is 8.45. The summed E-state index contributed by atoms with van der Waals surface area (Å²) in [6.45, 7) is 5.90. The van der Waals surface area contributed by atoms with E-state index < -0.39 is 13.0 Å². The zero-order valence-electron chi connectivity index (χ0n) is 11.9. The Morgan fingerprint density at radius 3 is 2.52 bits per heavy atom. The van der Waals surface area contributed by atoms with Gasteiger partial charge in [-0.25, -0.2) is 8.78 Å². The number of ether oxygens (including phenoxy) is 1. The fourth-order valence-corrected chi connectivity index (χ4v) is 1.99. The van der Waals surface area contributed by atoms with Crippen LogP contribution in [0.4, 0.5) is 8.78 Å². The Kier molecular flexibility index (Phi) is 7.26. The smallest absolute Gasteiger partial charge is 0.256 e. The van der Waals surface area contributed by atoms with Crippen LogP contribution in [0.3, 0.4) is 0 Å². The zero-order chi connectivity index (χ0) is 14.5. The van der Waals surface area contributed by atoms with Gasteiger partial charge in [-0.05, 0) is 24.8 Å². The van der Waals surface area contributed by atoms with Crippen molar-refractivity contribution in [2.75, 3.05) is 13.2 Å². The number of halogens is 2. The molecule has 21 heavy (non-hydrogen) atoms. The van der Waals surface area contributed by atoms with Gasteiger partial charge >= 0.3 is 0 Å². The third-order valence-electron chi connectivity index (χ3n) is 2.87. The Morgan fingerprint density at radius 1 is 1.29 bits per heavy atom. The van der Waals surface area contributed by atoms with Gasteiger partial charge in [-0.2, -0.15) is 12.2 Å². The molecule has 1 aromatic rings. The van der Waals surface area contributed by atoms with Gasteiger partial charge in [-0.15, -0.1) is 18.2 Å². The van der Waals surface area contributed by atoms with Crippen molar-refractivity contribution in [3.05, 3.63) is 60.3 Å². The van der Waals surface area contributed by atoms with Gasteiger partial charge in [0, 0.05) is 32.7 Å². The molecule has 0 aliphatic carbocycles. The summed E-state index contributed by atoms with van der Waals surface area (Å²) in [5.74, 6) is 0.752. The average molecular weight is 365 g/mol. The van der Waals surface area contributed by atoms with E-state index in [0.29, 0.717) is 18.0 Å². The number of allylic oxidation sites excluding steroid dienone is 3. The Hall–Kier alpha value is -0.996. The molecular formula is C16H16F2NOY-. The first-order valence-electron chi connectivity index (χ1n) is 6.39. The van der Waals surface area contributed by atoms with E-state index in [2.05, 4.69) is 12.7 Å². The van der Waals surface area contributed by atoms with Gasteiger partial charge < -0.3 is 9.64 Å². The van der Waals surface area contributed by atoms with Gasteiger partial charge in [0.25, 0.3) is 6.43 Å². The summed E-state index contributed by atoms with van der Waals surface area (Å²) >= 11 is 0. The predicted octanol–water partition coefficient (Wildman–Crippen LogP) is 3.88. The van der Waals surface area contributed by atoms with Gasteiger partial charge in [-0.3, -0.25) is 0 Å². The van der Waals surface area contributed by atoms with Crippen molar-refractivity contribution in [2.24, 2.45) is 0 Å². The Morgan fingerprint density at radius 2 is 1.95 bits per heavy atom. The summed E-state index contributed by atoms with van der Waals surface area (Å²) in [6.07, 6.45) is 3.92. The standard InChI is InChI=1S/C16H16F2NO.Y/c1-3-20-14-9-7-13(8-10-14)15-6-4-5-12(2)19(15)11-16(17)18;/h4-5,7-10,16H,2-3,11H2,1H3;/q-1;. The minimum absolute atomic E-state index is 0. The molecule has 1 aliphatic rings. The van der Waals surface area contributed by atoms with Gasteiger partial charge in [0.2, 0.25) is 0 Å². The second-order valence-electron chi connectivity index (χ2n) is 4.28. The minimum Gasteiger partial charge on any atom is -0.494 e. The summed E-state index contributed by atoms with van der Waals surface area (Å²) in [5.41, 5.74) is 1.94. The summed E-state index contributed by atoms with van der Waals surface area (Å²) < 4.78 is 30.7. The quantitative estimate of drug-likeness (QED) is 0.735. The van der Waals surface area contributed by atoms with E-state index in [-0.39, 0.29) is 32.7 Å². The number of nitrogens with zero attached hydrogens (tertiary/aromatic N) is 1. The first-order chi connectivity index (χ1) is 9.61. The van der Waals surface area contributed by atoms with Crippen molar-refractivity contribution in [1.29, 1.82) is 0 Å². The third-order valence-corrected chi connectivity index (χ3v) is 2.87. The molecule has 0 amide bonds. The van der Waals surface area contributed by atoms with Crippen LogP contribution < -0.4 is 4.74 Å². The van der Waals surface area contributed by atoms with Crippen LogP contribution >= 0.6 is 0 Å². The first kappa shape index (κ1) is 18.1. The van der Waals surface area contributed by atoms with Crippen LogP contribution in [0.1, 0.15) is 12.5 Å². The van der Waals surface area contributed by atoms with Crippen LogP contribution in [-0.2, 0) is 32.7 Å². The number of hydrogen-bond acceptors (Lipinski definition) is 2. The molecule has 2 nitrogen and oxygen atoms in total. The number of rotatable bonds is 5. The van der Waals surface area contributed by atoms with Gasteiger partial charge in [0.05, 0.1) is 13.2 Å². The van der Waals surface area contributed by atoms with Crippen molar-refractivity contribution in [1.82, 2.24) is 4.90 Å². The fraction of sp³-hybridized carbons (Fsp3) is 0.250. The number of alkyl halides is 2. The summed E-state index contributed by atoms with van der Waals surface area (Å²) in [6, 6.07) is 7.29. The number of hydrogen-bond donors (Lipinski definition) is 0. The first-order valence-corrected chi connectivity index (χ1v) is 6.39. The van der Waals surface area contributed by atoms with Gasteiger partial charge in [0.1, 0.15) is 5.75 Å². The molecule has 0 N–H and O–H groups in total. The van der Waals surface area contributed by atoms with E-state index >= 15 is 0 Å². The molecule has 1 aromatic carbocycles. The van der Waals surface area contributed by atoms with Crippen LogP contribution in [0.25, 0.3) is 5.70 Å². The molecule has 0 saturated heterocycles. The zero-order valence-corrected chi connectivity index (χ0v) is 14.7. The Labute approximate surface area is 149 Å². The molecule has 0 bridgehead atoms. The fourth-order valence-electron chi connectivity index (χ4n) is 1.99. The molecule has 0 fully saturated rings. The van der Waals surface area contributed by atoms with Crippen LogP contribution in [0, 0.1) is 6.08 Å². The SMILES string of the molecule is C=C1C=C[C-]=C(c2ccc(OCC)cc2)N1CC(F)F.[Y]. The molecule has 0 aromatic heterocycles. The molecule has 5 heteroatoms. The second-order valence-corrected chi connectivity index (χ2v) is 4.28. The molecule has 0 unspecified atom stereocenters. The summed E-state index contributed by atoms with van der Waals surface area (Å²) in [5, 5.41) is 0. The molecule has 0 spiro atoms. The van der Waals surface area contributed by atoms with Crippen molar-refractivity contribution in [3.8, 4) is 5.75 Å². The van der Waals surface area contributed by atoms with Crippen LogP contribution in [-0.4, -0.2) is 24.5 Å². The van der Waals surface area contributed by atoms with Gasteiger partial charge in [-0.1, -0.05) is 17.8 Å². The molecule has 1 radical (unpaired) electrons. The topological polar surface area (TPSA) is 12.5 Å². The van der Waals surface area contributed by atoms with E-state index in [4.69, 9.17) is 4.74 Å². The van der Waals surface area contributed by atoms with E-state index in [9.17, 15) is 8.78 Å². The summed E-state index contributed by atoms with van der Waals surface area (Å²) in [7, 11) is 0. The van der Waals surface area contributed by atoms with Crippen molar-refractivity contribution in [2.45, 2.75) is 13.3 Å². The monoisotopic (exact) mass is 365 g/mol. The average Bonchev–Trinajstić information content (AvgIpc) is 2.42. The maximum atomic E-state index is 12.7. The van der Waals surface area contributed by atoms with Crippen LogP contribution in [0.5, 0.6) is 5.75 Å². The molecule has 1 heterocycles. The molecule has 0 saturated carbocycles. The molecular weight excluding hydrogens is 349 g/mol. The van der Waals surface area contributed by atoms with Crippen molar-refractivity contribution >= 4 is 5.70 Å². The van der Waals surface area contributed by atoms with E-state index in [1.807, 2.05) is 31.2 Å². The largest absolute Gasteiger partial charge is 0.494 e. The van der Waals surface area contributed by atoms with E-state index in [0.717, 1.165) is 11.3 Å². The van der Waals surface area contributed by atoms with Crippen LogP contribution in [0.2, 0.25) is 0 Å². The maximum Gasteiger partial charge on any atom is 0.256 e. The molecule has 2 rings (SSSR count). The van der Waals surface area contributed by atoms with Crippen molar-refractivity contribution in [3.63, 3.8) is 0 Å². The van der Waals surface area contributed by atoms with Gasteiger partial charge in [0.15, 0.2) is 0 Å². The maximum absolute atomic E-state index is 12.7. The molecule has 1 aliphatic heterocycles. The normalized spacial score (nSPS) is 14.0. The summed E-state index contributed by atoms with van der Waals surface area (Å²) in [4.78, 5) is 1.47. The Balaban J connectivity index is 0.00000220. The number of benzene rings is 1. The minimum atomic E-state index is -2.43. The van der Waals surface area contributed by atoms with E-state index in [1.165, 1.54) is 4.90 Å².